The molecule has 0 aliphatic carbocycles. The van der Waals surface area contributed by atoms with Crippen LogP contribution in [0.2, 0.25) is 0 Å². The zero-order valence-corrected chi connectivity index (χ0v) is 19.3. The Balaban J connectivity index is 1.49. The first-order valence-corrected chi connectivity index (χ1v) is 13.0. The monoisotopic (exact) mass is 473 g/mol. The number of fused-ring (bicyclic) bond motifs is 1. The fourth-order valence-electron chi connectivity index (χ4n) is 4.51. The summed E-state index contributed by atoms with van der Waals surface area (Å²) in [5.41, 5.74) is 2.11. The van der Waals surface area contributed by atoms with Gasteiger partial charge >= 0.3 is 0 Å². The second kappa shape index (κ2) is 8.88. The molecule has 1 unspecified atom stereocenters. The van der Waals surface area contributed by atoms with Gasteiger partial charge in [-0.15, -0.1) is 0 Å². The molecule has 0 spiro atoms. The molecule has 0 saturated carbocycles. The number of rotatable bonds is 6. The molecule has 10 nitrogen and oxygen atoms in total. The van der Waals surface area contributed by atoms with E-state index in [0.29, 0.717) is 59.9 Å². The predicted octanol–water partition coefficient (Wildman–Crippen LogP) is 1.42. The van der Waals surface area contributed by atoms with Crippen molar-refractivity contribution in [3.63, 3.8) is 0 Å². The van der Waals surface area contributed by atoms with Crippen LogP contribution in [-0.4, -0.2) is 84.9 Å². The number of morpholine rings is 1. The first kappa shape index (κ1) is 22.1. The molecule has 33 heavy (non-hydrogen) atoms. The summed E-state index contributed by atoms with van der Waals surface area (Å²) in [6.45, 7) is 6.20. The van der Waals surface area contributed by atoms with Crippen LogP contribution in [0.1, 0.15) is 28.5 Å². The van der Waals surface area contributed by atoms with Crippen LogP contribution in [0, 0.1) is 6.92 Å². The van der Waals surface area contributed by atoms with Gasteiger partial charge in [0.2, 0.25) is 0 Å². The quantitative estimate of drug-likeness (QED) is 0.571. The van der Waals surface area contributed by atoms with Gasteiger partial charge in [-0.2, -0.15) is 5.10 Å². The van der Waals surface area contributed by atoms with Gasteiger partial charge in [0.1, 0.15) is 5.69 Å². The van der Waals surface area contributed by atoms with Crippen LogP contribution in [0.25, 0.3) is 22.5 Å². The van der Waals surface area contributed by atoms with E-state index >= 15 is 0 Å². The van der Waals surface area contributed by atoms with Gasteiger partial charge < -0.3 is 14.5 Å². The summed E-state index contributed by atoms with van der Waals surface area (Å²) in [4.78, 5) is 20.3. The van der Waals surface area contributed by atoms with Crippen LogP contribution in [0.5, 0.6) is 0 Å². The molecule has 0 radical (unpaired) electrons. The summed E-state index contributed by atoms with van der Waals surface area (Å²) < 4.78 is 36.7. The van der Waals surface area contributed by atoms with Crippen molar-refractivity contribution in [2.45, 2.75) is 19.4 Å². The second-order valence-electron chi connectivity index (χ2n) is 8.53. The zero-order chi connectivity index (χ0) is 23.0. The van der Waals surface area contributed by atoms with Crippen molar-refractivity contribution in [2.24, 2.45) is 0 Å². The Morgan fingerprint density at radius 1 is 1.30 bits per heavy atom. The van der Waals surface area contributed by atoms with E-state index in [4.69, 9.17) is 14.1 Å². The number of carbonyl (C=O) groups is 1. The lowest BCUT2D eigenvalue weighted by Gasteiger charge is -2.26. The molecule has 3 aromatic heterocycles. The van der Waals surface area contributed by atoms with E-state index in [-0.39, 0.29) is 23.5 Å². The number of nitrogens with one attached hydrogen (secondary N) is 1. The van der Waals surface area contributed by atoms with Crippen molar-refractivity contribution in [1.82, 2.24) is 25.0 Å². The van der Waals surface area contributed by atoms with Crippen molar-refractivity contribution in [1.29, 1.82) is 0 Å². The third-order valence-electron chi connectivity index (χ3n) is 6.23. The Kier molecular flexibility index (Phi) is 5.94. The molecule has 1 atom stereocenters. The summed E-state index contributed by atoms with van der Waals surface area (Å²) in [6.07, 6.45) is 2.03. The highest BCUT2D eigenvalue weighted by Crippen LogP contribution is 2.32. The molecule has 2 aliphatic heterocycles. The minimum Gasteiger partial charge on any atom is -0.463 e. The number of aromatic nitrogens is 3. The molecule has 3 aromatic rings. The lowest BCUT2D eigenvalue weighted by Crippen LogP contribution is -2.41. The van der Waals surface area contributed by atoms with Gasteiger partial charge in [-0.3, -0.25) is 9.69 Å². The number of sulfone groups is 1. The SMILES string of the molecule is Cc1nn(C2CCS(=O)(=O)C2)c2nc(-c3ccco3)cc(C(=O)NCCN3CCOCC3)c12. The van der Waals surface area contributed by atoms with Gasteiger partial charge in [-0.05, 0) is 31.5 Å². The van der Waals surface area contributed by atoms with E-state index in [1.165, 1.54) is 0 Å². The number of nitrogens with zero attached hydrogens (tertiary/aromatic N) is 4. The second-order valence-corrected chi connectivity index (χ2v) is 10.8. The predicted molar refractivity (Wildman–Crippen MR) is 122 cm³/mol. The maximum absolute atomic E-state index is 13.3. The summed E-state index contributed by atoms with van der Waals surface area (Å²) in [5.74, 6) is 0.468. The highest BCUT2D eigenvalue weighted by molar-refractivity contribution is 7.91. The molecule has 2 fully saturated rings. The van der Waals surface area contributed by atoms with E-state index < -0.39 is 9.84 Å². The molecule has 0 aromatic carbocycles. The summed E-state index contributed by atoms with van der Waals surface area (Å²) in [5, 5.41) is 8.27. The highest BCUT2D eigenvalue weighted by Gasteiger charge is 2.32. The molecule has 1 amide bonds. The third kappa shape index (κ3) is 4.53. The van der Waals surface area contributed by atoms with Gasteiger partial charge in [0.25, 0.3) is 5.91 Å². The fraction of sp³-hybridized carbons (Fsp3) is 0.500. The number of ether oxygens (including phenoxy) is 1. The standard InChI is InChI=1S/C22H27N5O5S/c1-15-20-17(22(28)23-5-6-26-7-10-31-11-8-26)13-18(19-3-2-9-32-19)24-21(20)27(25-15)16-4-12-33(29,30)14-16/h2-3,9,13,16H,4-8,10-12,14H2,1H3,(H,23,28). The Morgan fingerprint density at radius 2 is 2.12 bits per heavy atom. The van der Waals surface area contributed by atoms with E-state index in [9.17, 15) is 13.2 Å². The number of furan rings is 1. The molecule has 0 bridgehead atoms. The molecule has 5 heterocycles. The highest BCUT2D eigenvalue weighted by atomic mass is 32.2. The Morgan fingerprint density at radius 3 is 2.82 bits per heavy atom. The Hall–Kier alpha value is -2.76. The molecule has 2 saturated heterocycles. The Bertz CT molecular complexity index is 1260. The first-order valence-electron chi connectivity index (χ1n) is 11.1. The van der Waals surface area contributed by atoms with E-state index in [2.05, 4.69) is 15.3 Å². The first-order chi connectivity index (χ1) is 15.9. The van der Waals surface area contributed by atoms with Crippen molar-refractivity contribution < 1.29 is 22.4 Å². The topological polar surface area (TPSA) is 120 Å². The molecule has 1 N–H and O–H groups in total. The molecular formula is C22H27N5O5S. The van der Waals surface area contributed by atoms with Crippen molar-refractivity contribution >= 4 is 26.8 Å². The lowest BCUT2D eigenvalue weighted by molar-refractivity contribution is 0.0383. The van der Waals surface area contributed by atoms with Gasteiger partial charge in [-0.1, -0.05) is 0 Å². The van der Waals surface area contributed by atoms with Gasteiger partial charge in [0.05, 0.1) is 53.7 Å². The summed E-state index contributed by atoms with van der Waals surface area (Å²) >= 11 is 0. The van der Waals surface area contributed by atoms with Crippen molar-refractivity contribution in [3.05, 3.63) is 35.7 Å². The van der Waals surface area contributed by atoms with E-state index in [1.807, 2.05) is 6.92 Å². The Labute approximate surface area is 191 Å². The number of amides is 1. The van der Waals surface area contributed by atoms with Crippen molar-refractivity contribution in [2.75, 3.05) is 50.9 Å². The minimum atomic E-state index is -3.11. The van der Waals surface area contributed by atoms with Crippen molar-refractivity contribution in [3.8, 4) is 11.5 Å². The maximum Gasteiger partial charge on any atom is 0.252 e. The largest absolute Gasteiger partial charge is 0.463 e. The molecule has 5 rings (SSSR count). The van der Waals surface area contributed by atoms with Crippen LogP contribution >= 0.6 is 0 Å². The number of hydrogen-bond acceptors (Lipinski definition) is 8. The average Bonchev–Trinajstić information content (AvgIpc) is 3.53. The minimum absolute atomic E-state index is 0.0248. The zero-order valence-electron chi connectivity index (χ0n) is 18.5. The van der Waals surface area contributed by atoms with E-state index in [0.717, 1.165) is 19.6 Å². The van der Waals surface area contributed by atoms with Gasteiger partial charge in [0.15, 0.2) is 21.2 Å². The van der Waals surface area contributed by atoms with Gasteiger partial charge in [-0.25, -0.2) is 18.1 Å². The normalized spacial score (nSPS) is 20.9. The van der Waals surface area contributed by atoms with Gasteiger partial charge in [0, 0.05) is 26.2 Å². The number of aryl methyl sites for hydroxylation is 1. The average molecular weight is 474 g/mol. The molecule has 176 valence electrons. The number of carbonyl (C=O) groups excluding carboxylic acids is 1. The molecule has 11 heteroatoms. The van der Waals surface area contributed by atoms with Crippen LogP contribution in [0.15, 0.2) is 28.9 Å². The number of pyridine rings is 1. The molecular weight excluding hydrogens is 446 g/mol. The van der Waals surface area contributed by atoms with E-state index in [1.54, 1.807) is 29.1 Å². The third-order valence-corrected chi connectivity index (χ3v) is 7.98. The maximum atomic E-state index is 13.3. The fourth-order valence-corrected chi connectivity index (χ4v) is 6.21. The number of hydrogen-bond donors (Lipinski definition) is 1. The lowest BCUT2D eigenvalue weighted by atomic mass is 10.1. The van der Waals surface area contributed by atoms with Crippen LogP contribution in [0.4, 0.5) is 0 Å². The smallest absolute Gasteiger partial charge is 0.252 e. The van der Waals surface area contributed by atoms with Crippen LogP contribution < -0.4 is 5.32 Å². The summed E-state index contributed by atoms with van der Waals surface area (Å²) in [6, 6.07) is 4.95. The van der Waals surface area contributed by atoms with Crippen LogP contribution in [0.3, 0.4) is 0 Å². The molecule has 2 aliphatic rings. The van der Waals surface area contributed by atoms with Crippen LogP contribution in [-0.2, 0) is 14.6 Å². The summed E-state index contributed by atoms with van der Waals surface area (Å²) in [7, 11) is -3.11.